The number of amides is 1. The molecule has 0 spiro atoms. The van der Waals surface area contributed by atoms with Crippen LogP contribution in [0.1, 0.15) is 55.3 Å². The second kappa shape index (κ2) is 6.13. The molecule has 20 heavy (non-hydrogen) atoms. The molecule has 2 fully saturated rings. The maximum atomic E-state index is 12.7. The van der Waals surface area contributed by atoms with Crippen molar-refractivity contribution in [2.24, 2.45) is 5.92 Å². The maximum Gasteiger partial charge on any atom is 0.257 e. The summed E-state index contributed by atoms with van der Waals surface area (Å²) in [5, 5.41) is 0.513. The number of nitrogens with zero attached hydrogens (tertiary/aromatic N) is 2. The van der Waals surface area contributed by atoms with E-state index in [-0.39, 0.29) is 5.91 Å². The third-order valence-corrected chi connectivity index (χ3v) is 5.08. The van der Waals surface area contributed by atoms with Gasteiger partial charge in [-0.25, -0.2) is 0 Å². The van der Waals surface area contributed by atoms with Crippen LogP contribution >= 0.6 is 11.6 Å². The van der Waals surface area contributed by atoms with Crippen molar-refractivity contribution in [2.75, 3.05) is 6.54 Å². The van der Waals surface area contributed by atoms with E-state index in [1.165, 1.54) is 32.1 Å². The highest BCUT2D eigenvalue weighted by Gasteiger charge is 2.35. The molecule has 1 aromatic rings. The van der Waals surface area contributed by atoms with Crippen LogP contribution < -0.4 is 0 Å². The van der Waals surface area contributed by atoms with Crippen LogP contribution in [0.25, 0.3) is 0 Å². The summed E-state index contributed by atoms with van der Waals surface area (Å²) >= 11 is 6.14. The highest BCUT2D eigenvalue weighted by Crippen LogP contribution is 2.35. The lowest BCUT2D eigenvalue weighted by Crippen LogP contribution is -2.40. The Hall–Kier alpha value is -1.09. The fraction of sp³-hybridized carbons (Fsp3) is 0.625. The van der Waals surface area contributed by atoms with Gasteiger partial charge in [0.05, 0.1) is 10.6 Å². The molecule has 1 aliphatic carbocycles. The lowest BCUT2D eigenvalue weighted by atomic mass is 9.83. The van der Waals surface area contributed by atoms with E-state index in [4.69, 9.17) is 11.6 Å². The second-order valence-corrected chi connectivity index (χ2v) is 6.37. The Balaban J connectivity index is 1.78. The van der Waals surface area contributed by atoms with E-state index in [0.29, 0.717) is 22.5 Å². The Morgan fingerprint density at radius 3 is 2.75 bits per heavy atom. The zero-order valence-corrected chi connectivity index (χ0v) is 12.5. The molecule has 1 saturated carbocycles. The first kappa shape index (κ1) is 13.9. The molecule has 0 aromatic carbocycles. The highest BCUT2D eigenvalue weighted by atomic mass is 35.5. The van der Waals surface area contributed by atoms with Crippen LogP contribution in [0.4, 0.5) is 0 Å². The third-order valence-electron chi connectivity index (χ3n) is 4.75. The molecule has 0 radical (unpaired) electrons. The lowest BCUT2D eigenvalue weighted by Gasteiger charge is -2.34. The van der Waals surface area contributed by atoms with Gasteiger partial charge >= 0.3 is 0 Å². The summed E-state index contributed by atoms with van der Waals surface area (Å²) in [6.45, 7) is 0.866. The number of pyridine rings is 1. The van der Waals surface area contributed by atoms with E-state index >= 15 is 0 Å². The number of aromatic nitrogens is 1. The Morgan fingerprint density at radius 1 is 1.20 bits per heavy atom. The van der Waals surface area contributed by atoms with Gasteiger partial charge in [-0.3, -0.25) is 9.78 Å². The first-order chi connectivity index (χ1) is 9.77. The average molecular weight is 293 g/mol. The standard InChI is InChI=1S/C16H21ClN2O/c17-14-8-9-18-11-13(14)16(20)19-10-4-7-15(19)12-5-2-1-3-6-12/h8-9,11-12,15H,1-7,10H2. The largest absolute Gasteiger partial charge is 0.335 e. The van der Waals surface area contributed by atoms with Crippen LogP contribution in [0, 0.1) is 5.92 Å². The number of halogens is 1. The van der Waals surface area contributed by atoms with Crippen molar-refractivity contribution in [1.82, 2.24) is 9.88 Å². The first-order valence-corrected chi connectivity index (χ1v) is 8.05. The van der Waals surface area contributed by atoms with E-state index in [1.807, 2.05) is 0 Å². The molecule has 2 aliphatic rings. The van der Waals surface area contributed by atoms with Gasteiger partial charge in [0.25, 0.3) is 5.91 Å². The summed E-state index contributed by atoms with van der Waals surface area (Å²) in [6, 6.07) is 2.11. The Labute approximate surface area is 125 Å². The summed E-state index contributed by atoms with van der Waals surface area (Å²) < 4.78 is 0. The molecule has 4 heteroatoms. The number of likely N-dealkylation sites (tertiary alicyclic amines) is 1. The number of carbonyl (C=O) groups is 1. The summed E-state index contributed by atoms with van der Waals surface area (Å²) in [5.74, 6) is 0.752. The molecule has 1 atom stereocenters. The fourth-order valence-corrected chi connectivity index (χ4v) is 3.93. The van der Waals surface area contributed by atoms with E-state index in [2.05, 4.69) is 9.88 Å². The van der Waals surface area contributed by atoms with Crippen LogP contribution in [0.3, 0.4) is 0 Å². The molecule has 1 unspecified atom stereocenters. The molecular formula is C16H21ClN2O. The lowest BCUT2D eigenvalue weighted by molar-refractivity contribution is 0.0661. The Bertz CT molecular complexity index is 485. The molecule has 3 nitrogen and oxygen atoms in total. The molecule has 1 saturated heterocycles. The molecule has 1 aromatic heterocycles. The molecule has 3 rings (SSSR count). The Morgan fingerprint density at radius 2 is 2.00 bits per heavy atom. The predicted octanol–water partition coefficient (Wildman–Crippen LogP) is 3.92. The Kier molecular flexibility index (Phi) is 4.25. The highest BCUT2D eigenvalue weighted by molar-refractivity contribution is 6.33. The number of hydrogen-bond acceptors (Lipinski definition) is 2. The van der Waals surface area contributed by atoms with E-state index in [1.54, 1.807) is 18.5 Å². The van der Waals surface area contributed by atoms with Crippen LogP contribution in [-0.2, 0) is 0 Å². The number of rotatable bonds is 2. The molecule has 2 heterocycles. The third kappa shape index (κ3) is 2.69. The van der Waals surface area contributed by atoms with Crippen molar-refractivity contribution in [3.8, 4) is 0 Å². The average Bonchev–Trinajstić information content (AvgIpc) is 2.97. The number of carbonyl (C=O) groups excluding carboxylic acids is 1. The van der Waals surface area contributed by atoms with Crippen molar-refractivity contribution < 1.29 is 4.79 Å². The van der Waals surface area contributed by atoms with Crippen LogP contribution in [0.2, 0.25) is 5.02 Å². The minimum atomic E-state index is 0.0659. The van der Waals surface area contributed by atoms with Crippen molar-refractivity contribution in [2.45, 2.75) is 51.0 Å². The summed E-state index contributed by atoms with van der Waals surface area (Å²) in [5.41, 5.74) is 0.553. The van der Waals surface area contributed by atoms with E-state index < -0.39 is 0 Å². The smallest absolute Gasteiger partial charge is 0.257 e. The van der Waals surface area contributed by atoms with Crippen LogP contribution in [0.5, 0.6) is 0 Å². The van der Waals surface area contributed by atoms with Crippen molar-refractivity contribution in [3.63, 3.8) is 0 Å². The summed E-state index contributed by atoms with van der Waals surface area (Å²) in [6.07, 6.45) is 12.0. The summed E-state index contributed by atoms with van der Waals surface area (Å²) in [4.78, 5) is 18.8. The van der Waals surface area contributed by atoms with Crippen molar-refractivity contribution in [3.05, 3.63) is 29.0 Å². The van der Waals surface area contributed by atoms with Gasteiger partial charge in [0.15, 0.2) is 0 Å². The predicted molar refractivity (Wildman–Crippen MR) is 79.9 cm³/mol. The van der Waals surface area contributed by atoms with Crippen LogP contribution in [0.15, 0.2) is 18.5 Å². The maximum absolute atomic E-state index is 12.7. The topological polar surface area (TPSA) is 33.2 Å². The number of hydrogen-bond donors (Lipinski definition) is 0. The molecular weight excluding hydrogens is 272 g/mol. The van der Waals surface area contributed by atoms with E-state index in [0.717, 1.165) is 19.4 Å². The van der Waals surface area contributed by atoms with Crippen molar-refractivity contribution >= 4 is 17.5 Å². The van der Waals surface area contributed by atoms with Gasteiger partial charge in [0.1, 0.15) is 0 Å². The zero-order chi connectivity index (χ0) is 13.9. The van der Waals surface area contributed by atoms with Gasteiger partial charge in [0.2, 0.25) is 0 Å². The van der Waals surface area contributed by atoms with Gasteiger partial charge in [0, 0.05) is 25.0 Å². The van der Waals surface area contributed by atoms with Gasteiger partial charge in [-0.1, -0.05) is 30.9 Å². The molecule has 108 valence electrons. The van der Waals surface area contributed by atoms with Crippen LogP contribution in [-0.4, -0.2) is 28.4 Å². The molecule has 1 amide bonds. The minimum absolute atomic E-state index is 0.0659. The van der Waals surface area contributed by atoms with Gasteiger partial charge in [-0.15, -0.1) is 0 Å². The van der Waals surface area contributed by atoms with Crippen molar-refractivity contribution in [1.29, 1.82) is 0 Å². The van der Waals surface area contributed by atoms with Gasteiger partial charge < -0.3 is 4.90 Å². The second-order valence-electron chi connectivity index (χ2n) is 5.96. The van der Waals surface area contributed by atoms with Gasteiger partial charge in [-0.05, 0) is 37.7 Å². The normalized spacial score (nSPS) is 24.1. The molecule has 1 aliphatic heterocycles. The molecule has 0 N–H and O–H groups in total. The van der Waals surface area contributed by atoms with E-state index in [9.17, 15) is 4.79 Å². The SMILES string of the molecule is O=C(c1cnccc1Cl)N1CCCC1C1CCCCC1. The fourth-order valence-electron chi connectivity index (χ4n) is 3.74. The quantitative estimate of drug-likeness (QED) is 0.828. The summed E-state index contributed by atoms with van der Waals surface area (Å²) in [7, 11) is 0. The van der Waals surface area contributed by atoms with Gasteiger partial charge in [-0.2, -0.15) is 0 Å². The first-order valence-electron chi connectivity index (χ1n) is 7.68. The monoisotopic (exact) mass is 292 g/mol. The minimum Gasteiger partial charge on any atom is -0.335 e. The zero-order valence-electron chi connectivity index (χ0n) is 11.7. The molecule has 0 bridgehead atoms.